The van der Waals surface area contributed by atoms with Gasteiger partial charge in [-0.2, -0.15) is 4.31 Å². The second kappa shape index (κ2) is 8.06. The number of hydrogen-bond donors (Lipinski definition) is 1. The normalized spacial score (nSPS) is 15.6. The van der Waals surface area contributed by atoms with Gasteiger partial charge in [0.25, 0.3) is 0 Å². The summed E-state index contributed by atoms with van der Waals surface area (Å²) in [5.41, 5.74) is 1.79. The molecule has 6 nitrogen and oxygen atoms in total. The SMILES string of the molecule is Cc1ccc(S(=O)(=O)N2CCN(C(=O)NCc3ccc(F)cc3)CC2)cc1. The van der Waals surface area contributed by atoms with Gasteiger partial charge in [-0.25, -0.2) is 17.6 Å². The third-order valence-electron chi connectivity index (χ3n) is 4.54. The molecule has 0 bridgehead atoms. The molecule has 1 heterocycles. The summed E-state index contributed by atoms with van der Waals surface area (Å²) < 4.78 is 39.7. The summed E-state index contributed by atoms with van der Waals surface area (Å²) >= 11 is 0. The minimum absolute atomic E-state index is 0.250. The fraction of sp³-hybridized carbons (Fsp3) is 0.316. The number of aryl methyl sites for hydroxylation is 1. The lowest BCUT2D eigenvalue weighted by Gasteiger charge is -2.34. The van der Waals surface area contributed by atoms with Crippen LogP contribution in [0.3, 0.4) is 0 Å². The molecule has 0 unspecified atom stereocenters. The van der Waals surface area contributed by atoms with Crippen LogP contribution in [0.15, 0.2) is 53.4 Å². The van der Waals surface area contributed by atoms with E-state index in [9.17, 15) is 17.6 Å². The van der Waals surface area contributed by atoms with Crippen molar-refractivity contribution in [2.45, 2.75) is 18.4 Å². The number of carbonyl (C=O) groups is 1. The van der Waals surface area contributed by atoms with Crippen LogP contribution >= 0.6 is 0 Å². The number of nitrogens with one attached hydrogen (secondary N) is 1. The Morgan fingerprint density at radius 2 is 1.59 bits per heavy atom. The summed E-state index contributed by atoms with van der Waals surface area (Å²) in [6.07, 6.45) is 0. The van der Waals surface area contributed by atoms with Gasteiger partial charge >= 0.3 is 6.03 Å². The number of nitrogens with zero attached hydrogens (tertiary/aromatic N) is 2. The molecule has 2 aromatic rings. The van der Waals surface area contributed by atoms with Crippen molar-refractivity contribution in [3.05, 3.63) is 65.5 Å². The van der Waals surface area contributed by atoms with Crippen LogP contribution in [-0.2, 0) is 16.6 Å². The number of rotatable bonds is 4. The van der Waals surface area contributed by atoms with E-state index in [0.29, 0.717) is 19.6 Å². The number of carbonyl (C=O) groups excluding carboxylic acids is 1. The number of halogens is 1. The molecule has 2 aromatic carbocycles. The first kappa shape index (κ1) is 19.3. The second-order valence-corrected chi connectivity index (χ2v) is 8.43. The monoisotopic (exact) mass is 391 g/mol. The topological polar surface area (TPSA) is 69.7 Å². The Bertz CT molecular complexity index is 891. The van der Waals surface area contributed by atoms with Crippen LogP contribution in [0.2, 0.25) is 0 Å². The van der Waals surface area contributed by atoms with Crippen molar-refractivity contribution in [3.8, 4) is 0 Å². The molecule has 0 saturated carbocycles. The second-order valence-electron chi connectivity index (χ2n) is 6.49. The molecule has 0 atom stereocenters. The number of sulfonamides is 1. The van der Waals surface area contributed by atoms with Crippen LogP contribution in [0.5, 0.6) is 0 Å². The number of urea groups is 1. The Hall–Kier alpha value is -2.45. The van der Waals surface area contributed by atoms with Gasteiger partial charge in [-0.1, -0.05) is 29.8 Å². The van der Waals surface area contributed by atoms with Gasteiger partial charge in [0.2, 0.25) is 10.0 Å². The summed E-state index contributed by atoms with van der Waals surface area (Å²) in [7, 11) is -3.55. The van der Waals surface area contributed by atoms with Gasteiger partial charge in [0, 0.05) is 32.7 Å². The maximum Gasteiger partial charge on any atom is 0.317 e. The van der Waals surface area contributed by atoms with Gasteiger partial charge < -0.3 is 10.2 Å². The standard InChI is InChI=1S/C19H22FN3O3S/c1-15-2-8-18(9-3-15)27(25,26)23-12-10-22(11-13-23)19(24)21-14-16-4-6-17(20)7-5-16/h2-9H,10-14H2,1H3,(H,21,24). The van der Waals surface area contributed by atoms with Crippen molar-refractivity contribution >= 4 is 16.1 Å². The molecule has 0 aromatic heterocycles. The van der Waals surface area contributed by atoms with Crippen molar-refractivity contribution in [2.75, 3.05) is 26.2 Å². The molecular weight excluding hydrogens is 369 g/mol. The quantitative estimate of drug-likeness (QED) is 0.870. The number of benzene rings is 2. The Balaban J connectivity index is 1.54. The molecule has 0 spiro atoms. The molecule has 8 heteroatoms. The average Bonchev–Trinajstić information content (AvgIpc) is 2.68. The smallest absolute Gasteiger partial charge is 0.317 e. The van der Waals surface area contributed by atoms with Crippen LogP contribution in [0, 0.1) is 12.7 Å². The van der Waals surface area contributed by atoms with E-state index in [1.807, 2.05) is 6.92 Å². The van der Waals surface area contributed by atoms with Gasteiger partial charge in [-0.15, -0.1) is 0 Å². The van der Waals surface area contributed by atoms with E-state index in [0.717, 1.165) is 11.1 Å². The summed E-state index contributed by atoms with van der Waals surface area (Å²) in [4.78, 5) is 14.1. The zero-order chi connectivity index (χ0) is 19.4. The summed E-state index contributed by atoms with van der Waals surface area (Å²) in [6, 6.07) is 12.4. The van der Waals surface area contributed by atoms with Gasteiger partial charge in [0.1, 0.15) is 5.82 Å². The summed E-state index contributed by atoms with van der Waals surface area (Å²) in [5, 5.41) is 2.78. The highest BCUT2D eigenvalue weighted by Crippen LogP contribution is 2.18. The Labute approximate surface area is 158 Å². The van der Waals surface area contributed by atoms with Gasteiger partial charge in [0.05, 0.1) is 4.90 Å². The molecule has 3 rings (SSSR count). The zero-order valence-corrected chi connectivity index (χ0v) is 15.9. The third kappa shape index (κ3) is 4.64. The predicted molar refractivity (Wildman–Crippen MR) is 100 cm³/mol. The van der Waals surface area contributed by atoms with Gasteiger partial charge in [0.15, 0.2) is 0 Å². The Morgan fingerprint density at radius 1 is 1.00 bits per heavy atom. The molecule has 144 valence electrons. The Kier molecular flexibility index (Phi) is 5.76. The summed E-state index contributed by atoms with van der Waals surface area (Å²) in [6.45, 7) is 3.34. The Morgan fingerprint density at radius 3 is 2.19 bits per heavy atom. The van der Waals surface area contributed by atoms with E-state index in [4.69, 9.17) is 0 Å². The lowest BCUT2D eigenvalue weighted by atomic mass is 10.2. The molecule has 1 N–H and O–H groups in total. The van der Waals surface area contributed by atoms with E-state index < -0.39 is 10.0 Å². The maximum absolute atomic E-state index is 12.9. The molecule has 0 aliphatic carbocycles. The largest absolute Gasteiger partial charge is 0.334 e. The highest BCUT2D eigenvalue weighted by atomic mass is 32.2. The van der Waals surface area contributed by atoms with Gasteiger partial charge in [-0.3, -0.25) is 0 Å². The lowest BCUT2D eigenvalue weighted by molar-refractivity contribution is 0.172. The highest BCUT2D eigenvalue weighted by Gasteiger charge is 2.29. The fourth-order valence-electron chi connectivity index (χ4n) is 2.88. The van der Waals surface area contributed by atoms with Crippen LogP contribution in [0.1, 0.15) is 11.1 Å². The maximum atomic E-state index is 12.9. The van der Waals surface area contributed by atoms with E-state index in [2.05, 4.69) is 5.32 Å². The minimum atomic E-state index is -3.55. The molecule has 27 heavy (non-hydrogen) atoms. The zero-order valence-electron chi connectivity index (χ0n) is 15.1. The molecule has 1 fully saturated rings. The first-order chi connectivity index (χ1) is 12.9. The van der Waals surface area contributed by atoms with Crippen molar-refractivity contribution in [1.82, 2.24) is 14.5 Å². The van der Waals surface area contributed by atoms with E-state index in [1.54, 1.807) is 41.3 Å². The average molecular weight is 391 g/mol. The lowest BCUT2D eigenvalue weighted by Crippen LogP contribution is -2.52. The molecule has 0 radical (unpaired) electrons. The first-order valence-electron chi connectivity index (χ1n) is 8.70. The molecular formula is C19H22FN3O3S. The minimum Gasteiger partial charge on any atom is -0.334 e. The van der Waals surface area contributed by atoms with Crippen molar-refractivity contribution < 1.29 is 17.6 Å². The first-order valence-corrected chi connectivity index (χ1v) is 10.1. The van der Waals surface area contributed by atoms with Crippen molar-refractivity contribution in [3.63, 3.8) is 0 Å². The van der Waals surface area contributed by atoms with Crippen LogP contribution in [-0.4, -0.2) is 49.8 Å². The van der Waals surface area contributed by atoms with Crippen LogP contribution < -0.4 is 5.32 Å². The molecule has 2 amide bonds. The van der Waals surface area contributed by atoms with E-state index in [-0.39, 0.29) is 29.8 Å². The number of hydrogen-bond acceptors (Lipinski definition) is 3. The molecule has 1 saturated heterocycles. The van der Waals surface area contributed by atoms with Crippen molar-refractivity contribution in [1.29, 1.82) is 0 Å². The molecule has 1 aliphatic rings. The highest BCUT2D eigenvalue weighted by molar-refractivity contribution is 7.89. The number of piperazine rings is 1. The summed E-state index contributed by atoms with van der Waals surface area (Å²) in [5.74, 6) is -0.323. The van der Waals surface area contributed by atoms with E-state index >= 15 is 0 Å². The fourth-order valence-corrected chi connectivity index (χ4v) is 4.30. The predicted octanol–water partition coefficient (Wildman–Crippen LogP) is 2.35. The van der Waals surface area contributed by atoms with Crippen LogP contribution in [0.25, 0.3) is 0 Å². The van der Waals surface area contributed by atoms with Crippen LogP contribution in [0.4, 0.5) is 9.18 Å². The number of amides is 2. The molecule has 1 aliphatic heterocycles. The van der Waals surface area contributed by atoms with Gasteiger partial charge in [-0.05, 0) is 36.8 Å². The van der Waals surface area contributed by atoms with E-state index in [1.165, 1.54) is 16.4 Å². The third-order valence-corrected chi connectivity index (χ3v) is 6.45. The van der Waals surface area contributed by atoms with Crippen molar-refractivity contribution in [2.24, 2.45) is 0 Å².